The number of hydrogen-bond donors (Lipinski definition) is 2. The highest BCUT2D eigenvalue weighted by molar-refractivity contribution is 5.45. The third kappa shape index (κ3) is 2.73. The van der Waals surface area contributed by atoms with Gasteiger partial charge in [0.25, 0.3) is 0 Å². The summed E-state index contributed by atoms with van der Waals surface area (Å²) >= 11 is 0. The monoisotopic (exact) mass is 213 g/mol. The molecule has 1 aromatic heterocycles. The second kappa shape index (κ2) is 4.66. The number of rotatable bonds is 3. The van der Waals surface area contributed by atoms with Crippen molar-refractivity contribution in [1.82, 2.24) is 4.98 Å². The van der Waals surface area contributed by atoms with Crippen LogP contribution in [0.2, 0.25) is 0 Å². The zero-order valence-corrected chi connectivity index (χ0v) is 9.27. The van der Waals surface area contributed by atoms with Gasteiger partial charge in [0.2, 0.25) is 0 Å². The van der Waals surface area contributed by atoms with Gasteiger partial charge in [0.15, 0.2) is 0 Å². The smallest absolute Gasteiger partial charge is 0.123 e. The van der Waals surface area contributed by atoms with Crippen LogP contribution in [0.25, 0.3) is 0 Å². The average molecular weight is 213 g/mol. The molecule has 0 amide bonds. The van der Waals surface area contributed by atoms with E-state index in [0.29, 0.717) is 5.82 Å². The average Bonchev–Trinajstić information content (AvgIpc) is 2.30. The molecule has 3 nitrogen and oxygen atoms in total. The predicted molar refractivity (Wildman–Crippen MR) is 67.2 cm³/mol. The second-order valence-corrected chi connectivity index (χ2v) is 3.81. The first kappa shape index (κ1) is 10.5. The lowest BCUT2D eigenvalue weighted by Crippen LogP contribution is -2.00. The summed E-state index contributed by atoms with van der Waals surface area (Å²) in [5.74, 6) is 0.542. The highest BCUT2D eigenvalue weighted by Crippen LogP contribution is 2.10. The quantitative estimate of drug-likeness (QED) is 0.824. The fourth-order valence-corrected chi connectivity index (χ4v) is 1.42. The molecular formula is C13H15N3. The molecule has 0 aliphatic carbocycles. The van der Waals surface area contributed by atoms with E-state index in [9.17, 15) is 0 Å². The van der Waals surface area contributed by atoms with Crippen molar-refractivity contribution in [3.63, 3.8) is 0 Å². The molecule has 0 radical (unpaired) electrons. The molecule has 3 heteroatoms. The van der Waals surface area contributed by atoms with Crippen LogP contribution in [0.5, 0.6) is 0 Å². The first-order valence-corrected chi connectivity index (χ1v) is 5.25. The Bertz CT molecular complexity index is 400. The van der Waals surface area contributed by atoms with Crippen LogP contribution in [0.1, 0.15) is 11.1 Å². The topological polar surface area (TPSA) is 50.9 Å². The van der Waals surface area contributed by atoms with Gasteiger partial charge in [-0.05, 0) is 24.6 Å². The molecule has 82 valence electrons. The normalized spacial score (nSPS) is 10.1. The van der Waals surface area contributed by atoms with Gasteiger partial charge >= 0.3 is 0 Å². The standard InChI is InChI=1S/C13H15N3/c1-10-2-4-11(5-3-10)8-15-12-6-7-13(14)16-9-12/h2-7,9,15H,8H2,1H3,(H2,14,16). The Kier molecular flexibility index (Phi) is 3.05. The molecule has 1 heterocycles. The van der Waals surface area contributed by atoms with E-state index >= 15 is 0 Å². The zero-order chi connectivity index (χ0) is 11.4. The van der Waals surface area contributed by atoms with E-state index in [1.54, 1.807) is 12.3 Å². The summed E-state index contributed by atoms with van der Waals surface area (Å²) in [4.78, 5) is 4.02. The van der Waals surface area contributed by atoms with Gasteiger partial charge in [-0.15, -0.1) is 0 Å². The summed E-state index contributed by atoms with van der Waals surface area (Å²) < 4.78 is 0. The van der Waals surface area contributed by atoms with E-state index < -0.39 is 0 Å². The van der Waals surface area contributed by atoms with Gasteiger partial charge in [-0.3, -0.25) is 0 Å². The zero-order valence-electron chi connectivity index (χ0n) is 9.27. The number of hydrogen-bond acceptors (Lipinski definition) is 3. The van der Waals surface area contributed by atoms with Crippen molar-refractivity contribution in [3.8, 4) is 0 Å². The summed E-state index contributed by atoms with van der Waals surface area (Å²) in [5.41, 5.74) is 9.02. The molecule has 0 unspecified atom stereocenters. The van der Waals surface area contributed by atoms with Crippen LogP contribution in [0.4, 0.5) is 11.5 Å². The van der Waals surface area contributed by atoms with E-state index in [4.69, 9.17) is 5.73 Å². The second-order valence-electron chi connectivity index (χ2n) is 3.81. The maximum Gasteiger partial charge on any atom is 0.123 e. The number of nitrogens with two attached hydrogens (primary N) is 1. The molecule has 0 aliphatic rings. The Morgan fingerprint density at radius 3 is 2.50 bits per heavy atom. The fraction of sp³-hybridized carbons (Fsp3) is 0.154. The number of nitrogens with one attached hydrogen (secondary N) is 1. The maximum atomic E-state index is 5.51. The number of nitrogens with zero attached hydrogens (tertiary/aromatic N) is 1. The Balaban J connectivity index is 1.97. The van der Waals surface area contributed by atoms with Crippen LogP contribution in [0, 0.1) is 6.92 Å². The van der Waals surface area contributed by atoms with E-state index in [-0.39, 0.29) is 0 Å². The number of pyridine rings is 1. The van der Waals surface area contributed by atoms with Gasteiger partial charge in [0, 0.05) is 6.54 Å². The minimum absolute atomic E-state index is 0.542. The van der Waals surface area contributed by atoms with E-state index in [1.165, 1.54) is 11.1 Å². The van der Waals surface area contributed by atoms with Crippen molar-refractivity contribution in [1.29, 1.82) is 0 Å². The van der Waals surface area contributed by atoms with Crippen LogP contribution >= 0.6 is 0 Å². The summed E-state index contributed by atoms with van der Waals surface area (Å²) in [5, 5.41) is 3.29. The van der Waals surface area contributed by atoms with Crippen LogP contribution < -0.4 is 11.1 Å². The highest BCUT2D eigenvalue weighted by atomic mass is 14.9. The molecule has 16 heavy (non-hydrogen) atoms. The van der Waals surface area contributed by atoms with Crippen LogP contribution in [0.3, 0.4) is 0 Å². The molecule has 0 fully saturated rings. The molecule has 0 aliphatic heterocycles. The van der Waals surface area contributed by atoms with E-state index in [0.717, 1.165) is 12.2 Å². The number of aryl methyl sites for hydroxylation is 1. The largest absolute Gasteiger partial charge is 0.384 e. The number of aromatic nitrogens is 1. The lowest BCUT2D eigenvalue weighted by atomic mass is 10.1. The third-order valence-corrected chi connectivity index (χ3v) is 2.40. The summed E-state index contributed by atoms with van der Waals surface area (Å²) in [6.07, 6.45) is 1.74. The molecule has 0 saturated heterocycles. The fourth-order valence-electron chi connectivity index (χ4n) is 1.42. The molecule has 0 bridgehead atoms. The summed E-state index contributed by atoms with van der Waals surface area (Å²) in [6, 6.07) is 12.2. The molecule has 3 N–H and O–H groups in total. The van der Waals surface area contributed by atoms with Gasteiger partial charge in [-0.2, -0.15) is 0 Å². The van der Waals surface area contributed by atoms with Crippen molar-refractivity contribution in [2.24, 2.45) is 0 Å². The number of nitrogen functional groups attached to an aromatic ring is 1. The van der Waals surface area contributed by atoms with Crippen LogP contribution in [-0.4, -0.2) is 4.98 Å². The van der Waals surface area contributed by atoms with E-state index in [2.05, 4.69) is 41.5 Å². The molecule has 2 aromatic rings. The highest BCUT2D eigenvalue weighted by Gasteiger charge is 1.94. The molecule has 0 spiro atoms. The van der Waals surface area contributed by atoms with E-state index in [1.807, 2.05) is 6.07 Å². The first-order valence-electron chi connectivity index (χ1n) is 5.25. The summed E-state index contributed by atoms with van der Waals surface area (Å²) in [7, 11) is 0. The van der Waals surface area contributed by atoms with Crippen molar-refractivity contribution < 1.29 is 0 Å². The van der Waals surface area contributed by atoms with Crippen molar-refractivity contribution >= 4 is 11.5 Å². The van der Waals surface area contributed by atoms with Crippen LogP contribution in [0.15, 0.2) is 42.6 Å². The van der Waals surface area contributed by atoms with Gasteiger partial charge < -0.3 is 11.1 Å². The molecule has 1 aromatic carbocycles. The Morgan fingerprint density at radius 2 is 1.88 bits per heavy atom. The van der Waals surface area contributed by atoms with Gasteiger partial charge in [0.05, 0.1) is 11.9 Å². The summed E-state index contributed by atoms with van der Waals surface area (Å²) in [6.45, 7) is 2.88. The maximum absolute atomic E-state index is 5.51. The van der Waals surface area contributed by atoms with Gasteiger partial charge in [-0.1, -0.05) is 29.8 Å². The molecule has 0 saturated carbocycles. The minimum atomic E-state index is 0.542. The molecule has 0 atom stereocenters. The van der Waals surface area contributed by atoms with Crippen molar-refractivity contribution in [2.75, 3.05) is 11.1 Å². The number of anilines is 2. The SMILES string of the molecule is Cc1ccc(CNc2ccc(N)nc2)cc1. The van der Waals surface area contributed by atoms with Crippen LogP contribution in [-0.2, 0) is 6.54 Å². The molecular weight excluding hydrogens is 198 g/mol. The van der Waals surface area contributed by atoms with Gasteiger partial charge in [-0.25, -0.2) is 4.98 Å². The lowest BCUT2D eigenvalue weighted by Gasteiger charge is -2.06. The number of benzene rings is 1. The predicted octanol–water partition coefficient (Wildman–Crippen LogP) is 2.58. The van der Waals surface area contributed by atoms with Gasteiger partial charge in [0.1, 0.15) is 5.82 Å². The Morgan fingerprint density at radius 1 is 1.12 bits per heavy atom. The third-order valence-electron chi connectivity index (χ3n) is 2.40. The lowest BCUT2D eigenvalue weighted by molar-refractivity contribution is 1.13. The molecule has 2 rings (SSSR count). The minimum Gasteiger partial charge on any atom is -0.384 e. The Labute approximate surface area is 95.3 Å². The Hall–Kier alpha value is -2.03. The first-order chi connectivity index (χ1) is 7.74. The van der Waals surface area contributed by atoms with Crippen molar-refractivity contribution in [3.05, 3.63) is 53.7 Å². The van der Waals surface area contributed by atoms with Crippen molar-refractivity contribution in [2.45, 2.75) is 13.5 Å².